The zero-order chi connectivity index (χ0) is 13.7. The van der Waals surface area contributed by atoms with Gasteiger partial charge in [0.05, 0.1) is 17.5 Å². The molecule has 0 spiro atoms. The van der Waals surface area contributed by atoms with Gasteiger partial charge < -0.3 is 10.1 Å². The largest absolute Gasteiger partial charge is 0.477 e. The standard InChI is InChI=1S/C15H21N3O/c1-4-7-11(2)10-19-14-12-8-5-6-9-13(12)17-15(16-3)18-14/h5-6,8-9,11H,4,7,10H2,1-3H3,(H,16,17,18). The number of nitrogens with zero attached hydrogens (tertiary/aromatic N) is 2. The summed E-state index contributed by atoms with van der Waals surface area (Å²) in [6.07, 6.45) is 2.35. The molecule has 0 bridgehead atoms. The molecular formula is C15H21N3O. The Balaban J connectivity index is 2.25. The number of ether oxygens (including phenoxy) is 1. The number of hydrogen-bond acceptors (Lipinski definition) is 4. The average Bonchev–Trinajstić information content (AvgIpc) is 2.44. The van der Waals surface area contributed by atoms with Gasteiger partial charge in [0.1, 0.15) is 0 Å². The highest BCUT2D eigenvalue weighted by Crippen LogP contribution is 2.24. The lowest BCUT2D eigenvalue weighted by Gasteiger charge is -2.13. The number of benzene rings is 1. The van der Waals surface area contributed by atoms with E-state index in [4.69, 9.17) is 4.74 Å². The summed E-state index contributed by atoms with van der Waals surface area (Å²) in [6, 6.07) is 7.92. The SMILES string of the molecule is CCCC(C)COc1nc(NC)nc2ccccc12. The molecule has 1 unspecified atom stereocenters. The molecule has 1 aromatic carbocycles. The van der Waals surface area contributed by atoms with Crippen LogP contribution in [-0.2, 0) is 0 Å². The van der Waals surface area contributed by atoms with Gasteiger partial charge in [0.25, 0.3) is 0 Å². The number of para-hydroxylation sites is 1. The third kappa shape index (κ3) is 3.34. The van der Waals surface area contributed by atoms with Crippen molar-refractivity contribution in [3.05, 3.63) is 24.3 Å². The Labute approximate surface area is 114 Å². The number of nitrogens with one attached hydrogen (secondary N) is 1. The number of anilines is 1. The molecule has 0 saturated heterocycles. The van der Waals surface area contributed by atoms with E-state index in [0.717, 1.165) is 10.9 Å². The molecule has 0 radical (unpaired) electrons. The van der Waals surface area contributed by atoms with Crippen LogP contribution in [0.25, 0.3) is 10.9 Å². The van der Waals surface area contributed by atoms with Crippen molar-refractivity contribution in [3.8, 4) is 5.88 Å². The summed E-state index contributed by atoms with van der Waals surface area (Å²) in [5, 5.41) is 3.93. The first-order chi connectivity index (χ1) is 9.24. The first-order valence-electron chi connectivity index (χ1n) is 6.82. The van der Waals surface area contributed by atoms with E-state index in [1.54, 1.807) is 0 Å². The van der Waals surface area contributed by atoms with Gasteiger partial charge in [0.15, 0.2) is 0 Å². The fraction of sp³-hybridized carbons (Fsp3) is 0.467. The van der Waals surface area contributed by atoms with Crippen LogP contribution in [0.3, 0.4) is 0 Å². The van der Waals surface area contributed by atoms with Gasteiger partial charge in [-0.15, -0.1) is 0 Å². The molecule has 102 valence electrons. The van der Waals surface area contributed by atoms with Crippen LogP contribution in [0.2, 0.25) is 0 Å². The van der Waals surface area contributed by atoms with Crippen molar-refractivity contribution in [1.82, 2.24) is 9.97 Å². The third-order valence-corrected chi connectivity index (χ3v) is 3.08. The zero-order valence-electron chi connectivity index (χ0n) is 11.8. The van der Waals surface area contributed by atoms with E-state index >= 15 is 0 Å². The van der Waals surface area contributed by atoms with E-state index in [-0.39, 0.29) is 0 Å². The number of fused-ring (bicyclic) bond motifs is 1. The highest BCUT2D eigenvalue weighted by atomic mass is 16.5. The molecule has 0 aliphatic rings. The van der Waals surface area contributed by atoms with Crippen molar-refractivity contribution in [2.75, 3.05) is 19.0 Å². The molecule has 0 fully saturated rings. The Morgan fingerprint density at radius 3 is 2.79 bits per heavy atom. The summed E-state index contributed by atoms with van der Waals surface area (Å²) in [5.41, 5.74) is 0.903. The molecule has 4 heteroatoms. The third-order valence-electron chi connectivity index (χ3n) is 3.08. The molecule has 0 amide bonds. The van der Waals surface area contributed by atoms with Gasteiger partial charge in [-0.25, -0.2) is 4.98 Å². The van der Waals surface area contributed by atoms with Crippen molar-refractivity contribution in [1.29, 1.82) is 0 Å². The Hall–Kier alpha value is -1.84. The maximum Gasteiger partial charge on any atom is 0.226 e. The summed E-state index contributed by atoms with van der Waals surface area (Å²) in [6.45, 7) is 5.08. The van der Waals surface area contributed by atoms with Crippen molar-refractivity contribution in [2.24, 2.45) is 5.92 Å². The lowest BCUT2D eigenvalue weighted by atomic mass is 10.1. The molecule has 0 saturated carbocycles. The molecule has 1 N–H and O–H groups in total. The summed E-state index contributed by atoms with van der Waals surface area (Å²) >= 11 is 0. The number of aromatic nitrogens is 2. The van der Waals surface area contributed by atoms with Crippen LogP contribution in [0.15, 0.2) is 24.3 Å². The van der Waals surface area contributed by atoms with Gasteiger partial charge >= 0.3 is 0 Å². The predicted molar refractivity (Wildman–Crippen MR) is 78.7 cm³/mol. The molecule has 1 atom stereocenters. The number of hydrogen-bond donors (Lipinski definition) is 1. The normalized spacial score (nSPS) is 12.4. The molecule has 0 aliphatic heterocycles. The highest BCUT2D eigenvalue weighted by molar-refractivity contribution is 5.84. The van der Waals surface area contributed by atoms with Crippen molar-refractivity contribution in [3.63, 3.8) is 0 Å². The van der Waals surface area contributed by atoms with Crippen molar-refractivity contribution < 1.29 is 4.74 Å². The molecule has 0 aliphatic carbocycles. The smallest absolute Gasteiger partial charge is 0.226 e. The van der Waals surface area contributed by atoms with E-state index in [0.29, 0.717) is 24.4 Å². The first-order valence-corrected chi connectivity index (χ1v) is 6.82. The van der Waals surface area contributed by atoms with Crippen molar-refractivity contribution >= 4 is 16.9 Å². The molecule has 1 aromatic heterocycles. The second-order valence-electron chi connectivity index (χ2n) is 4.82. The number of rotatable bonds is 6. The summed E-state index contributed by atoms with van der Waals surface area (Å²) in [7, 11) is 1.81. The molecule has 19 heavy (non-hydrogen) atoms. The van der Waals surface area contributed by atoms with E-state index in [1.165, 1.54) is 12.8 Å². The van der Waals surface area contributed by atoms with Crippen LogP contribution in [0.5, 0.6) is 5.88 Å². The zero-order valence-corrected chi connectivity index (χ0v) is 11.8. The fourth-order valence-corrected chi connectivity index (χ4v) is 2.07. The quantitative estimate of drug-likeness (QED) is 0.862. The lowest BCUT2D eigenvalue weighted by Crippen LogP contribution is -2.10. The summed E-state index contributed by atoms with van der Waals surface area (Å²) in [4.78, 5) is 8.82. The van der Waals surface area contributed by atoms with E-state index in [1.807, 2.05) is 31.3 Å². The predicted octanol–water partition coefficient (Wildman–Crippen LogP) is 3.49. The topological polar surface area (TPSA) is 47.0 Å². The minimum Gasteiger partial charge on any atom is -0.477 e. The first kappa shape index (κ1) is 13.6. The van der Waals surface area contributed by atoms with E-state index in [2.05, 4.69) is 29.1 Å². The van der Waals surface area contributed by atoms with Gasteiger partial charge in [-0.2, -0.15) is 4.98 Å². The molecule has 1 heterocycles. The minimum absolute atomic E-state index is 0.539. The van der Waals surface area contributed by atoms with E-state index in [9.17, 15) is 0 Å². The Morgan fingerprint density at radius 2 is 2.05 bits per heavy atom. The van der Waals surface area contributed by atoms with Crippen LogP contribution in [0, 0.1) is 5.92 Å². The van der Waals surface area contributed by atoms with Crippen LogP contribution >= 0.6 is 0 Å². The van der Waals surface area contributed by atoms with E-state index < -0.39 is 0 Å². The van der Waals surface area contributed by atoms with Crippen LogP contribution in [0.4, 0.5) is 5.95 Å². The Kier molecular flexibility index (Phi) is 4.55. The van der Waals surface area contributed by atoms with Gasteiger partial charge in [0.2, 0.25) is 11.8 Å². The Morgan fingerprint density at radius 1 is 1.26 bits per heavy atom. The molecule has 2 rings (SSSR count). The maximum absolute atomic E-state index is 5.88. The monoisotopic (exact) mass is 259 g/mol. The molecule has 2 aromatic rings. The van der Waals surface area contributed by atoms with Gasteiger partial charge in [-0.3, -0.25) is 0 Å². The molecule has 4 nitrogen and oxygen atoms in total. The average molecular weight is 259 g/mol. The van der Waals surface area contributed by atoms with Crippen LogP contribution in [0.1, 0.15) is 26.7 Å². The van der Waals surface area contributed by atoms with Crippen LogP contribution < -0.4 is 10.1 Å². The maximum atomic E-state index is 5.88. The molecular weight excluding hydrogens is 238 g/mol. The van der Waals surface area contributed by atoms with Gasteiger partial charge in [0, 0.05) is 7.05 Å². The second kappa shape index (κ2) is 6.36. The summed E-state index contributed by atoms with van der Waals surface area (Å²) in [5.74, 6) is 1.80. The van der Waals surface area contributed by atoms with Crippen LogP contribution in [-0.4, -0.2) is 23.6 Å². The highest BCUT2D eigenvalue weighted by Gasteiger charge is 2.09. The second-order valence-corrected chi connectivity index (χ2v) is 4.82. The Bertz CT molecular complexity index is 542. The van der Waals surface area contributed by atoms with Gasteiger partial charge in [-0.1, -0.05) is 32.4 Å². The lowest BCUT2D eigenvalue weighted by molar-refractivity contribution is 0.246. The van der Waals surface area contributed by atoms with Gasteiger partial charge in [-0.05, 0) is 24.5 Å². The fourth-order valence-electron chi connectivity index (χ4n) is 2.07. The minimum atomic E-state index is 0.539. The summed E-state index contributed by atoms with van der Waals surface area (Å²) < 4.78 is 5.88. The van der Waals surface area contributed by atoms with Crippen molar-refractivity contribution in [2.45, 2.75) is 26.7 Å².